The van der Waals surface area contributed by atoms with E-state index in [1.165, 1.54) is 11.1 Å². The Morgan fingerprint density at radius 1 is 1.26 bits per heavy atom. The lowest BCUT2D eigenvalue weighted by atomic mass is 10.0. The van der Waals surface area contributed by atoms with Crippen molar-refractivity contribution in [1.82, 2.24) is 24.8 Å². The van der Waals surface area contributed by atoms with Gasteiger partial charge in [-0.15, -0.1) is 0 Å². The Hall–Kier alpha value is -3.03. The fourth-order valence-corrected chi connectivity index (χ4v) is 3.17. The van der Waals surface area contributed by atoms with E-state index in [1.807, 2.05) is 6.92 Å². The third kappa shape index (κ3) is 3.89. The molecule has 3 heterocycles. The van der Waals surface area contributed by atoms with Gasteiger partial charge in [0, 0.05) is 32.5 Å². The van der Waals surface area contributed by atoms with Gasteiger partial charge in [0.1, 0.15) is 17.3 Å². The molecule has 1 N–H and O–H groups in total. The van der Waals surface area contributed by atoms with Crippen LogP contribution in [0.15, 0.2) is 35.4 Å². The number of piperazine rings is 1. The number of aromatic nitrogens is 3. The quantitative estimate of drug-likeness (QED) is 0.856. The molecule has 1 fully saturated rings. The average molecular weight is 369 g/mol. The number of carbonyl (C=O) groups is 2. The molecule has 0 bridgehead atoms. The van der Waals surface area contributed by atoms with E-state index in [1.54, 1.807) is 36.3 Å². The predicted octanol–water partition coefficient (Wildman–Crippen LogP) is 1.30. The molecule has 8 heteroatoms. The molecule has 2 aromatic heterocycles. The smallest absolute Gasteiger partial charge is 0.264 e. The second-order valence-corrected chi connectivity index (χ2v) is 6.61. The summed E-state index contributed by atoms with van der Waals surface area (Å²) in [5.74, 6) is -0.245. The molecule has 27 heavy (non-hydrogen) atoms. The molecule has 142 valence electrons. The van der Waals surface area contributed by atoms with Crippen LogP contribution in [0.3, 0.4) is 0 Å². The van der Waals surface area contributed by atoms with Gasteiger partial charge in [-0.2, -0.15) is 0 Å². The summed E-state index contributed by atoms with van der Waals surface area (Å²) in [5, 5.41) is 0. The first-order valence-corrected chi connectivity index (χ1v) is 9.09. The SMILES string of the molecule is CCCCC1C(=O)N(C)CCN1C(=O)c1cnc(-c2ccccn2)[nH]c1=O. The Bertz CT molecular complexity index is 880. The predicted molar refractivity (Wildman–Crippen MR) is 100 cm³/mol. The second kappa shape index (κ2) is 8.11. The highest BCUT2D eigenvalue weighted by atomic mass is 16.2. The molecule has 1 aliphatic rings. The second-order valence-electron chi connectivity index (χ2n) is 6.61. The fourth-order valence-electron chi connectivity index (χ4n) is 3.17. The number of aromatic amines is 1. The standard InChI is InChI=1S/C19H23N5O3/c1-3-4-8-15-19(27)23(2)10-11-24(15)18(26)13-12-21-16(22-17(13)25)14-7-5-6-9-20-14/h5-7,9,12,15H,3-4,8,10-11H2,1-2H3,(H,21,22,25). The lowest BCUT2D eigenvalue weighted by Gasteiger charge is -2.39. The van der Waals surface area contributed by atoms with Crippen LogP contribution in [0.5, 0.6) is 0 Å². The number of amides is 2. The summed E-state index contributed by atoms with van der Waals surface area (Å²) in [6, 6.07) is 4.74. The summed E-state index contributed by atoms with van der Waals surface area (Å²) in [6.07, 6.45) is 5.22. The van der Waals surface area contributed by atoms with Gasteiger partial charge in [0.25, 0.3) is 11.5 Å². The Morgan fingerprint density at radius 3 is 2.74 bits per heavy atom. The molecular formula is C19H23N5O3. The summed E-state index contributed by atoms with van der Waals surface area (Å²) in [5.41, 5.74) is -0.0750. The molecule has 0 aliphatic carbocycles. The van der Waals surface area contributed by atoms with Crippen molar-refractivity contribution >= 4 is 11.8 Å². The van der Waals surface area contributed by atoms with Crippen molar-refractivity contribution in [1.29, 1.82) is 0 Å². The highest BCUT2D eigenvalue weighted by Crippen LogP contribution is 2.18. The van der Waals surface area contributed by atoms with Crippen LogP contribution < -0.4 is 5.56 Å². The van der Waals surface area contributed by atoms with Crippen LogP contribution in [0, 0.1) is 0 Å². The van der Waals surface area contributed by atoms with Gasteiger partial charge < -0.3 is 14.8 Å². The molecule has 1 saturated heterocycles. The van der Waals surface area contributed by atoms with Crippen LogP contribution in [0.4, 0.5) is 0 Å². The molecule has 1 unspecified atom stereocenters. The molecule has 8 nitrogen and oxygen atoms in total. The minimum absolute atomic E-state index is 0.0615. The normalized spacial score (nSPS) is 17.3. The van der Waals surface area contributed by atoms with Gasteiger partial charge >= 0.3 is 0 Å². The van der Waals surface area contributed by atoms with E-state index >= 15 is 0 Å². The molecule has 0 spiro atoms. The third-order valence-corrected chi connectivity index (χ3v) is 4.74. The number of nitrogens with zero attached hydrogens (tertiary/aromatic N) is 4. The van der Waals surface area contributed by atoms with Crippen LogP contribution in [0.25, 0.3) is 11.5 Å². The van der Waals surface area contributed by atoms with Gasteiger partial charge in [0.15, 0.2) is 5.82 Å². The first-order chi connectivity index (χ1) is 13.0. The van der Waals surface area contributed by atoms with Crippen molar-refractivity contribution < 1.29 is 9.59 Å². The first kappa shape index (κ1) is 18.8. The largest absolute Gasteiger partial charge is 0.342 e. The van der Waals surface area contributed by atoms with Gasteiger partial charge in [-0.3, -0.25) is 19.4 Å². The van der Waals surface area contributed by atoms with Crippen LogP contribution in [-0.4, -0.2) is 62.7 Å². The van der Waals surface area contributed by atoms with E-state index in [2.05, 4.69) is 15.0 Å². The van der Waals surface area contributed by atoms with E-state index in [-0.39, 0.29) is 11.5 Å². The lowest BCUT2D eigenvalue weighted by molar-refractivity contribution is -0.138. The zero-order valence-electron chi connectivity index (χ0n) is 15.5. The highest BCUT2D eigenvalue weighted by Gasteiger charge is 2.36. The fraction of sp³-hybridized carbons (Fsp3) is 0.421. The van der Waals surface area contributed by atoms with Crippen LogP contribution in [0.1, 0.15) is 36.5 Å². The third-order valence-electron chi connectivity index (χ3n) is 4.74. The molecule has 2 amide bonds. The maximum atomic E-state index is 13.0. The molecular weight excluding hydrogens is 346 g/mol. The van der Waals surface area contributed by atoms with Gasteiger partial charge in [-0.1, -0.05) is 25.8 Å². The summed E-state index contributed by atoms with van der Waals surface area (Å²) < 4.78 is 0. The number of rotatable bonds is 5. The number of nitrogens with one attached hydrogen (secondary N) is 1. The Balaban J connectivity index is 1.88. The van der Waals surface area contributed by atoms with Crippen molar-refractivity contribution in [2.75, 3.05) is 20.1 Å². The van der Waals surface area contributed by atoms with Gasteiger partial charge in [-0.25, -0.2) is 4.98 Å². The molecule has 1 aliphatic heterocycles. The summed E-state index contributed by atoms with van der Waals surface area (Å²) >= 11 is 0. The van der Waals surface area contributed by atoms with Crippen LogP contribution in [-0.2, 0) is 4.79 Å². The van der Waals surface area contributed by atoms with Crippen molar-refractivity contribution in [2.24, 2.45) is 0 Å². The average Bonchev–Trinajstić information content (AvgIpc) is 2.69. The Kier molecular flexibility index (Phi) is 5.63. The number of pyridine rings is 1. The lowest BCUT2D eigenvalue weighted by Crippen LogP contribution is -2.58. The van der Waals surface area contributed by atoms with Gasteiger partial charge in [0.05, 0.1) is 0 Å². The molecule has 0 radical (unpaired) electrons. The molecule has 0 saturated carbocycles. The summed E-state index contributed by atoms with van der Waals surface area (Å²) in [4.78, 5) is 52.1. The number of hydrogen-bond donors (Lipinski definition) is 1. The Morgan fingerprint density at radius 2 is 2.07 bits per heavy atom. The van der Waals surface area contributed by atoms with Crippen molar-refractivity contribution in [3.8, 4) is 11.5 Å². The maximum Gasteiger partial charge on any atom is 0.264 e. The zero-order chi connectivity index (χ0) is 19.4. The highest BCUT2D eigenvalue weighted by molar-refractivity contribution is 5.97. The first-order valence-electron chi connectivity index (χ1n) is 9.09. The number of carbonyl (C=O) groups excluding carboxylic acids is 2. The van der Waals surface area contributed by atoms with Gasteiger partial charge in [-0.05, 0) is 18.6 Å². The molecule has 1 atom stereocenters. The number of H-pyrrole nitrogens is 1. The van der Waals surface area contributed by atoms with Crippen molar-refractivity contribution in [3.63, 3.8) is 0 Å². The molecule has 2 aromatic rings. The van der Waals surface area contributed by atoms with E-state index in [0.717, 1.165) is 12.8 Å². The Labute approximate surface area is 157 Å². The van der Waals surface area contributed by atoms with E-state index in [4.69, 9.17) is 0 Å². The number of unbranched alkanes of at least 4 members (excludes halogenated alkanes) is 1. The zero-order valence-corrected chi connectivity index (χ0v) is 15.5. The minimum atomic E-state index is -0.536. The molecule has 0 aromatic carbocycles. The monoisotopic (exact) mass is 369 g/mol. The summed E-state index contributed by atoms with van der Waals surface area (Å²) in [7, 11) is 1.74. The number of hydrogen-bond acceptors (Lipinski definition) is 5. The van der Waals surface area contributed by atoms with E-state index in [9.17, 15) is 14.4 Å². The van der Waals surface area contributed by atoms with Gasteiger partial charge in [0.2, 0.25) is 5.91 Å². The van der Waals surface area contributed by atoms with Crippen LogP contribution in [0.2, 0.25) is 0 Å². The van der Waals surface area contributed by atoms with Crippen molar-refractivity contribution in [2.45, 2.75) is 32.2 Å². The van der Waals surface area contributed by atoms with E-state index in [0.29, 0.717) is 31.0 Å². The van der Waals surface area contributed by atoms with E-state index < -0.39 is 17.5 Å². The maximum absolute atomic E-state index is 13.0. The minimum Gasteiger partial charge on any atom is -0.342 e. The molecule has 3 rings (SSSR count). The van der Waals surface area contributed by atoms with Crippen LogP contribution >= 0.6 is 0 Å². The topological polar surface area (TPSA) is 99.3 Å². The van der Waals surface area contributed by atoms with Crippen molar-refractivity contribution in [3.05, 3.63) is 46.5 Å². The summed E-state index contributed by atoms with van der Waals surface area (Å²) in [6.45, 7) is 2.88. The number of likely N-dealkylation sites (N-methyl/N-ethyl adjacent to an activating group) is 1.